The molecule has 0 bridgehead atoms. The van der Waals surface area contributed by atoms with Crippen LogP contribution in [0.2, 0.25) is 0 Å². The number of carboxylic acids is 1. The van der Waals surface area contributed by atoms with Gasteiger partial charge in [-0.05, 0) is 40.3 Å². The molecule has 0 radical (unpaired) electrons. The molecule has 1 aromatic heterocycles. The lowest BCUT2D eigenvalue weighted by molar-refractivity contribution is 0.0696. The Bertz CT molecular complexity index is 1450. The fraction of sp³-hybridized carbons (Fsp3) is 0.160. The maximum absolute atomic E-state index is 13.2. The van der Waals surface area contributed by atoms with E-state index in [1.165, 1.54) is 26.3 Å². The van der Waals surface area contributed by atoms with Gasteiger partial charge in [0.25, 0.3) is 0 Å². The van der Waals surface area contributed by atoms with Gasteiger partial charge in [0.1, 0.15) is 11.4 Å². The molecule has 184 valence electrons. The van der Waals surface area contributed by atoms with Crippen LogP contribution < -0.4 is 15.3 Å². The van der Waals surface area contributed by atoms with E-state index in [9.17, 15) is 19.5 Å². The molecule has 3 aromatic carbocycles. The van der Waals surface area contributed by atoms with Crippen molar-refractivity contribution < 1.29 is 24.2 Å². The summed E-state index contributed by atoms with van der Waals surface area (Å²) in [6.07, 6.45) is 0. The number of aromatic nitrogens is 4. The predicted octanol–water partition coefficient (Wildman–Crippen LogP) is 2.96. The van der Waals surface area contributed by atoms with Crippen LogP contribution in [-0.4, -0.2) is 51.1 Å². The van der Waals surface area contributed by atoms with E-state index >= 15 is 0 Å². The second-order valence-electron chi connectivity index (χ2n) is 7.73. The van der Waals surface area contributed by atoms with Gasteiger partial charge in [-0.15, -0.1) is 4.68 Å². The minimum absolute atomic E-state index is 0.0264. The molecule has 36 heavy (non-hydrogen) atoms. The first kappa shape index (κ1) is 24.4. The lowest BCUT2D eigenvalue weighted by Gasteiger charge is -2.20. The van der Waals surface area contributed by atoms with Gasteiger partial charge in [0.15, 0.2) is 0 Å². The van der Waals surface area contributed by atoms with E-state index in [1.807, 2.05) is 30.3 Å². The quantitative estimate of drug-likeness (QED) is 0.374. The Morgan fingerprint density at radius 1 is 0.972 bits per heavy atom. The molecule has 1 N–H and O–H groups in total. The summed E-state index contributed by atoms with van der Waals surface area (Å²) in [4.78, 5) is 38.9. The Kier molecular flexibility index (Phi) is 7.21. The van der Waals surface area contributed by atoms with E-state index in [2.05, 4.69) is 10.4 Å². The number of amides is 1. The highest BCUT2D eigenvalue weighted by molar-refractivity contribution is 5.95. The van der Waals surface area contributed by atoms with Crippen molar-refractivity contribution in [2.24, 2.45) is 0 Å². The molecule has 4 rings (SSSR count). The van der Waals surface area contributed by atoms with E-state index in [0.29, 0.717) is 28.3 Å². The fourth-order valence-corrected chi connectivity index (χ4v) is 3.55. The summed E-state index contributed by atoms with van der Waals surface area (Å²) >= 11 is 0. The van der Waals surface area contributed by atoms with Crippen molar-refractivity contribution in [3.8, 4) is 11.4 Å². The first-order valence-corrected chi connectivity index (χ1v) is 10.8. The number of tetrazole rings is 1. The Labute approximate surface area is 205 Å². The monoisotopic (exact) mass is 489 g/mol. The Balaban J connectivity index is 1.63. The number of methoxy groups -OCH3 is 1. The third kappa shape index (κ3) is 5.00. The summed E-state index contributed by atoms with van der Waals surface area (Å²) in [6.45, 7) is 0.426. The lowest BCUT2D eigenvalue weighted by Crippen LogP contribution is -2.39. The fourth-order valence-electron chi connectivity index (χ4n) is 3.55. The number of nitrogens with zero attached hydrogens (tertiary/aromatic N) is 5. The average Bonchev–Trinajstić information content (AvgIpc) is 3.29. The maximum Gasteiger partial charge on any atom is 0.377 e. The standard InChI is InChI=1S/C25H23N5O6/c1-28(24(33)30-25(34)29(26-27-30)20-10-6-7-11-22(20)35-2)21-14-18(23(31)32)12-13-19(21)16-36-15-17-8-4-3-5-9-17/h3-14H,15-16H2,1-2H3,(H,31,32). The molecule has 0 spiro atoms. The molecule has 0 saturated carbocycles. The summed E-state index contributed by atoms with van der Waals surface area (Å²) < 4.78 is 12.6. The largest absolute Gasteiger partial charge is 0.494 e. The molecule has 4 aromatic rings. The zero-order valence-corrected chi connectivity index (χ0v) is 19.6. The number of anilines is 1. The normalized spacial score (nSPS) is 10.7. The summed E-state index contributed by atoms with van der Waals surface area (Å²) in [5.41, 5.74) is 1.25. The SMILES string of the molecule is COc1ccccc1-n1nnn(C(=O)N(C)c2cc(C(=O)O)ccc2COCc2ccccc2)c1=O. The first-order valence-electron chi connectivity index (χ1n) is 10.8. The smallest absolute Gasteiger partial charge is 0.377 e. The lowest BCUT2D eigenvalue weighted by atomic mass is 10.1. The minimum atomic E-state index is -1.16. The van der Waals surface area contributed by atoms with Crippen molar-refractivity contribution in [2.75, 3.05) is 19.1 Å². The number of rotatable bonds is 8. The van der Waals surface area contributed by atoms with E-state index in [-0.39, 0.29) is 17.9 Å². The molecule has 0 saturated heterocycles. The van der Waals surface area contributed by atoms with Crippen molar-refractivity contribution >= 4 is 17.7 Å². The van der Waals surface area contributed by atoms with Gasteiger partial charge in [0, 0.05) is 12.6 Å². The van der Waals surface area contributed by atoms with E-state index in [0.717, 1.165) is 15.1 Å². The Morgan fingerprint density at radius 3 is 2.42 bits per heavy atom. The van der Waals surface area contributed by atoms with Gasteiger partial charge in [-0.3, -0.25) is 4.90 Å². The highest BCUT2D eigenvalue weighted by Gasteiger charge is 2.24. The second kappa shape index (κ2) is 10.7. The molecule has 0 fully saturated rings. The molecule has 0 atom stereocenters. The maximum atomic E-state index is 13.2. The van der Waals surface area contributed by atoms with Crippen LogP contribution in [0, 0.1) is 0 Å². The number of benzene rings is 3. The van der Waals surface area contributed by atoms with Gasteiger partial charge in [-0.25, -0.2) is 14.4 Å². The third-order valence-corrected chi connectivity index (χ3v) is 5.43. The van der Waals surface area contributed by atoms with Gasteiger partial charge >= 0.3 is 17.7 Å². The van der Waals surface area contributed by atoms with Gasteiger partial charge in [0.05, 0.1) is 31.6 Å². The van der Waals surface area contributed by atoms with Crippen LogP contribution in [0.15, 0.2) is 77.6 Å². The molecule has 0 aliphatic rings. The summed E-state index contributed by atoms with van der Waals surface area (Å²) in [5.74, 6) is -0.785. The third-order valence-electron chi connectivity index (χ3n) is 5.43. The molecule has 1 heterocycles. The van der Waals surface area contributed by atoms with Gasteiger partial charge in [-0.1, -0.05) is 48.5 Å². The highest BCUT2D eigenvalue weighted by Crippen LogP contribution is 2.24. The number of hydrogen-bond donors (Lipinski definition) is 1. The van der Waals surface area contributed by atoms with Crippen LogP contribution >= 0.6 is 0 Å². The number of carbonyl (C=O) groups is 2. The molecular weight excluding hydrogens is 466 g/mol. The van der Waals surface area contributed by atoms with E-state index in [1.54, 1.807) is 30.3 Å². The molecule has 0 aliphatic carbocycles. The minimum Gasteiger partial charge on any atom is -0.494 e. The number of ether oxygens (including phenoxy) is 2. The topological polar surface area (TPSA) is 129 Å². The van der Waals surface area contributed by atoms with Gasteiger partial charge < -0.3 is 14.6 Å². The van der Waals surface area contributed by atoms with Crippen molar-refractivity contribution in [3.05, 3.63) is 100.0 Å². The van der Waals surface area contributed by atoms with Crippen molar-refractivity contribution in [1.29, 1.82) is 0 Å². The van der Waals surface area contributed by atoms with Crippen LogP contribution in [0.1, 0.15) is 21.5 Å². The molecule has 0 aliphatic heterocycles. The van der Waals surface area contributed by atoms with E-state index < -0.39 is 17.7 Å². The van der Waals surface area contributed by atoms with Crippen molar-refractivity contribution in [2.45, 2.75) is 13.2 Å². The zero-order chi connectivity index (χ0) is 25.7. The number of hydrogen-bond acceptors (Lipinski definition) is 7. The summed E-state index contributed by atoms with van der Waals surface area (Å²) in [6, 6.07) is 19.7. The molecule has 11 nitrogen and oxygen atoms in total. The molecule has 0 unspecified atom stereocenters. The number of aromatic carboxylic acids is 1. The number of carboxylic acid groups (broad SMARTS) is 1. The van der Waals surface area contributed by atoms with Crippen LogP contribution in [0.3, 0.4) is 0 Å². The Morgan fingerprint density at radius 2 is 1.69 bits per heavy atom. The van der Waals surface area contributed by atoms with Crippen LogP contribution in [-0.2, 0) is 18.0 Å². The second-order valence-corrected chi connectivity index (χ2v) is 7.73. The van der Waals surface area contributed by atoms with Crippen LogP contribution in [0.5, 0.6) is 5.75 Å². The summed E-state index contributed by atoms with van der Waals surface area (Å²) in [7, 11) is 2.86. The molecule has 1 amide bonds. The number of para-hydroxylation sites is 2. The van der Waals surface area contributed by atoms with Gasteiger partial charge in [-0.2, -0.15) is 4.68 Å². The zero-order valence-electron chi connectivity index (χ0n) is 19.6. The number of carbonyl (C=O) groups excluding carboxylic acids is 1. The van der Waals surface area contributed by atoms with Crippen molar-refractivity contribution in [1.82, 2.24) is 19.8 Å². The Hall–Kier alpha value is -4.77. The van der Waals surface area contributed by atoms with Crippen LogP contribution in [0.25, 0.3) is 5.69 Å². The first-order chi connectivity index (χ1) is 17.4. The average molecular weight is 489 g/mol. The predicted molar refractivity (Wildman–Crippen MR) is 130 cm³/mol. The van der Waals surface area contributed by atoms with Crippen LogP contribution in [0.4, 0.5) is 10.5 Å². The molecular formula is C25H23N5O6. The molecule has 11 heteroatoms. The van der Waals surface area contributed by atoms with E-state index in [4.69, 9.17) is 9.47 Å². The van der Waals surface area contributed by atoms with Gasteiger partial charge in [0.2, 0.25) is 0 Å². The van der Waals surface area contributed by atoms with Crippen molar-refractivity contribution in [3.63, 3.8) is 0 Å². The summed E-state index contributed by atoms with van der Waals surface area (Å²) in [5, 5.41) is 17.0. The highest BCUT2D eigenvalue weighted by atomic mass is 16.5.